The summed E-state index contributed by atoms with van der Waals surface area (Å²) < 4.78 is 34.1. The SMILES string of the molecule is Nc1ncnc2c1c(F)cn2C1OC(C(O)c2ccc(F)cc2)C(O)C1O. The molecule has 1 aliphatic rings. The number of aromatic nitrogens is 3. The van der Waals surface area contributed by atoms with E-state index in [9.17, 15) is 24.1 Å². The molecule has 10 heteroatoms. The maximum Gasteiger partial charge on any atom is 0.164 e. The number of aliphatic hydroxyl groups is 3. The predicted octanol–water partition coefficient (Wildman–Crippen LogP) is 0.644. The number of benzene rings is 1. The average molecular weight is 378 g/mol. The van der Waals surface area contributed by atoms with Crippen molar-refractivity contribution in [2.24, 2.45) is 0 Å². The summed E-state index contributed by atoms with van der Waals surface area (Å²) in [7, 11) is 0. The van der Waals surface area contributed by atoms with Crippen molar-refractivity contribution in [3.05, 3.63) is 54.0 Å². The molecule has 5 N–H and O–H groups in total. The summed E-state index contributed by atoms with van der Waals surface area (Å²) in [6.07, 6.45) is -4.58. The van der Waals surface area contributed by atoms with Crippen LogP contribution in [0.3, 0.4) is 0 Å². The van der Waals surface area contributed by atoms with Crippen LogP contribution in [-0.4, -0.2) is 48.2 Å². The van der Waals surface area contributed by atoms with Crippen LogP contribution in [0.15, 0.2) is 36.8 Å². The van der Waals surface area contributed by atoms with Crippen LogP contribution in [0.1, 0.15) is 17.9 Å². The highest BCUT2D eigenvalue weighted by Crippen LogP contribution is 2.38. The van der Waals surface area contributed by atoms with Gasteiger partial charge in [-0.25, -0.2) is 18.7 Å². The normalized spacial score (nSPS) is 26.6. The lowest BCUT2D eigenvalue weighted by atomic mass is 9.99. The summed E-state index contributed by atoms with van der Waals surface area (Å²) in [4.78, 5) is 7.68. The lowest BCUT2D eigenvalue weighted by Gasteiger charge is -2.21. The molecule has 0 bridgehead atoms. The Labute approximate surface area is 151 Å². The van der Waals surface area contributed by atoms with Gasteiger partial charge in [-0.3, -0.25) is 0 Å². The van der Waals surface area contributed by atoms with Crippen molar-refractivity contribution in [1.82, 2.24) is 14.5 Å². The molecule has 4 rings (SSSR count). The van der Waals surface area contributed by atoms with Crippen molar-refractivity contribution >= 4 is 16.9 Å². The van der Waals surface area contributed by atoms with E-state index in [1.165, 1.54) is 16.7 Å². The van der Waals surface area contributed by atoms with Gasteiger partial charge in [-0.15, -0.1) is 0 Å². The van der Waals surface area contributed by atoms with E-state index in [1.807, 2.05) is 0 Å². The van der Waals surface area contributed by atoms with Crippen LogP contribution in [-0.2, 0) is 4.74 Å². The number of nitrogens with zero attached hydrogens (tertiary/aromatic N) is 3. The minimum absolute atomic E-state index is 0.0367. The standard InChI is InChI=1S/C17H16F2N4O4/c18-8-3-1-7(2-4-8)11(24)14-12(25)13(26)17(27-14)23-5-9(19)10-15(20)21-6-22-16(10)23/h1-6,11-14,17,24-26H,(H2,20,21,22). The fourth-order valence-electron chi connectivity index (χ4n) is 3.28. The Bertz CT molecular complexity index is 981. The monoisotopic (exact) mass is 378 g/mol. The largest absolute Gasteiger partial charge is 0.387 e. The first-order valence-corrected chi connectivity index (χ1v) is 8.10. The number of nitrogen functional groups attached to an aromatic ring is 1. The van der Waals surface area contributed by atoms with E-state index < -0.39 is 42.3 Å². The number of ether oxygens (including phenoxy) is 1. The second-order valence-electron chi connectivity index (χ2n) is 6.31. The Morgan fingerprint density at radius 3 is 2.52 bits per heavy atom. The molecular formula is C17H16F2N4O4. The molecule has 1 aliphatic heterocycles. The number of rotatable bonds is 3. The highest BCUT2D eigenvalue weighted by molar-refractivity contribution is 5.86. The van der Waals surface area contributed by atoms with Gasteiger partial charge >= 0.3 is 0 Å². The second kappa shape index (κ2) is 6.50. The Hall–Kier alpha value is -2.66. The molecule has 1 fully saturated rings. The minimum atomic E-state index is -1.48. The molecule has 1 saturated heterocycles. The molecule has 1 aromatic carbocycles. The number of nitrogens with two attached hydrogens (primary N) is 1. The van der Waals surface area contributed by atoms with E-state index in [1.54, 1.807) is 0 Å². The van der Waals surface area contributed by atoms with Gasteiger partial charge in [0.15, 0.2) is 17.7 Å². The van der Waals surface area contributed by atoms with Gasteiger partial charge < -0.3 is 30.4 Å². The highest BCUT2D eigenvalue weighted by Gasteiger charge is 2.47. The summed E-state index contributed by atoms with van der Waals surface area (Å²) in [6.45, 7) is 0. The molecule has 0 spiro atoms. The number of anilines is 1. The van der Waals surface area contributed by atoms with Gasteiger partial charge in [0.2, 0.25) is 0 Å². The lowest BCUT2D eigenvalue weighted by molar-refractivity contribution is -0.0849. The fourth-order valence-corrected chi connectivity index (χ4v) is 3.28. The lowest BCUT2D eigenvalue weighted by Crippen LogP contribution is -2.34. The number of aliphatic hydroxyl groups excluding tert-OH is 3. The van der Waals surface area contributed by atoms with Gasteiger partial charge in [-0.1, -0.05) is 12.1 Å². The maximum absolute atomic E-state index is 14.2. The van der Waals surface area contributed by atoms with E-state index in [4.69, 9.17) is 10.5 Å². The minimum Gasteiger partial charge on any atom is -0.387 e. The van der Waals surface area contributed by atoms with E-state index in [2.05, 4.69) is 9.97 Å². The quantitative estimate of drug-likeness (QED) is 0.527. The predicted molar refractivity (Wildman–Crippen MR) is 89.2 cm³/mol. The number of fused-ring (bicyclic) bond motifs is 1. The van der Waals surface area contributed by atoms with Crippen molar-refractivity contribution in [2.45, 2.75) is 30.6 Å². The van der Waals surface area contributed by atoms with Crippen LogP contribution in [0, 0.1) is 11.6 Å². The summed E-state index contributed by atoms with van der Waals surface area (Å²) in [5.41, 5.74) is 6.04. The molecule has 0 amide bonds. The third kappa shape index (κ3) is 2.82. The molecular weight excluding hydrogens is 362 g/mol. The van der Waals surface area contributed by atoms with Crippen LogP contribution in [0.5, 0.6) is 0 Å². The Balaban J connectivity index is 1.68. The number of halogens is 2. The van der Waals surface area contributed by atoms with Crippen molar-refractivity contribution in [3.63, 3.8) is 0 Å². The van der Waals surface area contributed by atoms with Crippen molar-refractivity contribution in [2.75, 3.05) is 5.73 Å². The van der Waals surface area contributed by atoms with Gasteiger partial charge in [0.25, 0.3) is 0 Å². The molecule has 0 saturated carbocycles. The summed E-state index contributed by atoms with van der Waals surface area (Å²) in [6, 6.07) is 4.99. The van der Waals surface area contributed by atoms with Crippen LogP contribution < -0.4 is 5.73 Å². The molecule has 142 valence electrons. The molecule has 8 nitrogen and oxygen atoms in total. The van der Waals surface area contributed by atoms with Crippen molar-refractivity contribution < 1.29 is 28.8 Å². The molecule has 0 aliphatic carbocycles. The Morgan fingerprint density at radius 2 is 1.81 bits per heavy atom. The van der Waals surface area contributed by atoms with Crippen LogP contribution in [0.25, 0.3) is 11.0 Å². The zero-order valence-corrected chi connectivity index (χ0v) is 13.8. The molecule has 2 aromatic heterocycles. The molecule has 3 aromatic rings. The third-order valence-electron chi connectivity index (χ3n) is 4.66. The van der Waals surface area contributed by atoms with Crippen molar-refractivity contribution in [1.29, 1.82) is 0 Å². The summed E-state index contributed by atoms with van der Waals surface area (Å²) in [5.74, 6) is -1.27. The maximum atomic E-state index is 14.2. The summed E-state index contributed by atoms with van der Waals surface area (Å²) in [5, 5.41) is 31.2. The number of hydrogen-bond donors (Lipinski definition) is 4. The molecule has 5 unspecified atom stereocenters. The topological polar surface area (TPSA) is 127 Å². The van der Waals surface area contributed by atoms with Gasteiger partial charge in [0.1, 0.15) is 42.4 Å². The smallest absolute Gasteiger partial charge is 0.164 e. The zero-order chi connectivity index (χ0) is 19.3. The molecule has 0 radical (unpaired) electrons. The van der Waals surface area contributed by atoms with Crippen LogP contribution >= 0.6 is 0 Å². The van der Waals surface area contributed by atoms with E-state index in [0.29, 0.717) is 5.56 Å². The van der Waals surface area contributed by atoms with Crippen molar-refractivity contribution in [3.8, 4) is 0 Å². The fraction of sp³-hybridized carbons (Fsp3) is 0.294. The summed E-state index contributed by atoms with van der Waals surface area (Å²) >= 11 is 0. The molecule has 3 heterocycles. The van der Waals surface area contributed by atoms with E-state index in [-0.39, 0.29) is 16.9 Å². The number of hydrogen-bond acceptors (Lipinski definition) is 7. The van der Waals surface area contributed by atoms with Gasteiger partial charge in [-0.2, -0.15) is 0 Å². The first-order valence-electron chi connectivity index (χ1n) is 8.10. The van der Waals surface area contributed by atoms with Crippen LogP contribution in [0.4, 0.5) is 14.6 Å². The molecule has 27 heavy (non-hydrogen) atoms. The van der Waals surface area contributed by atoms with Crippen LogP contribution in [0.2, 0.25) is 0 Å². The van der Waals surface area contributed by atoms with Gasteiger partial charge in [-0.05, 0) is 17.7 Å². The second-order valence-corrected chi connectivity index (χ2v) is 6.31. The highest BCUT2D eigenvalue weighted by atomic mass is 19.1. The third-order valence-corrected chi connectivity index (χ3v) is 4.66. The average Bonchev–Trinajstić information content (AvgIpc) is 3.13. The first-order chi connectivity index (χ1) is 12.9. The van der Waals surface area contributed by atoms with Gasteiger partial charge in [0.05, 0.1) is 5.39 Å². The first kappa shape index (κ1) is 17.7. The molecule has 5 atom stereocenters. The van der Waals surface area contributed by atoms with E-state index in [0.717, 1.165) is 24.7 Å². The van der Waals surface area contributed by atoms with E-state index >= 15 is 0 Å². The van der Waals surface area contributed by atoms with Gasteiger partial charge in [0, 0.05) is 6.20 Å². The zero-order valence-electron chi connectivity index (χ0n) is 13.8. The Kier molecular flexibility index (Phi) is 4.27. The Morgan fingerprint density at radius 1 is 1.11 bits per heavy atom.